The molecule has 0 amide bonds. The van der Waals surface area contributed by atoms with Gasteiger partial charge < -0.3 is 8.83 Å². The summed E-state index contributed by atoms with van der Waals surface area (Å²) in [6.45, 7) is 2.31. The van der Waals surface area contributed by atoms with Crippen molar-refractivity contribution >= 4 is 76.8 Å². The number of fused-ring (bicyclic) bond motifs is 10. The SMILES string of the molecule is CC1CC(c2cc3oc4c(ccc5c6ccccc6oc54)c3c3ccccc23)=CC=C1c1nc2ccccc2n1-c1ccccc1. The van der Waals surface area contributed by atoms with Crippen molar-refractivity contribution in [2.45, 2.75) is 13.3 Å². The minimum atomic E-state index is 0.264. The van der Waals surface area contributed by atoms with Crippen molar-refractivity contribution in [2.75, 3.05) is 0 Å². The monoisotopic (exact) mass is 592 g/mol. The Morgan fingerprint density at radius 3 is 2.20 bits per heavy atom. The fraction of sp³-hybridized carbons (Fsp3) is 0.0714. The molecule has 0 N–H and O–H groups in total. The fourth-order valence-corrected chi connectivity index (χ4v) is 7.56. The molecule has 1 aliphatic carbocycles. The van der Waals surface area contributed by atoms with Crippen LogP contribution in [0, 0.1) is 5.92 Å². The minimum absolute atomic E-state index is 0.264. The molecule has 0 bridgehead atoms. The van der Waals surface area contributed by atoms with E-state index in [1.165, 1.54) is 27.5 Å². The molecule has 10 rings (SSSR count). The van der Waals surface area contributed by atoms with Crippen LogP contribution < -0.4 is 0 Å². The lowest BCUT2D eigenvalue weighted by Gasteiger charge is -2.23. The van der Waals surface area contributed by atoms with E-state index >= 15 is 0 Å². The summed E-state index contributed by atoms with van der Waals surface area (Å²) in [5.41, 5.74) is 10.4. The molecule has 46 heavy (non-hydrogen) atoms. The first-order valence-electron chi connectivity index (χ1n) is 15.9. The summed E-state index contributed by atoms with van der Waals surface area (Å²) in [7, 11) is 0. The zero-order valence-corrected chi connectivity index (χ0v) is 25.2. The van der Waals surface area contributed by atoms with Gasteiger partial charge in [-0.1, -0.05) is 91.9 Å². The zero-order valence-electron chi connectivity index (χ0n) is 25.2. The maximum Gasteiger partial charge on any atom is 0.178 e. The van der Waals surface area contributed by atoms with Crippen molar-refractivity contribution in [3.8, 4) is 5.69 Å². The van der Waals surface area contributed by atoms with Gasteiger partial charge >= 0.3 is 0 Å². The third kappa shape index (κ3) is 3.58. The van der Waals surface area contributed by atoms with Crippen LogP contribution in [0.2, 0.25) is 0 Å². The van der Waals surface area contributed by atoms with Crippen molar-refractivity contribution in [1.29, 1.82) is 0 Å². The lowest BCUT2D eigenvalue weighted by atomic mass is 9.83. The number of benzene rings is 6. The van der Waals surface area contributed by atoms with Crippen molar-refractivity contribution < 1.29 is 8.83 Å². The van der Waals surface area contributed by atoms with E-state index in [4.69, 9.17) is 13.8 Å². The zero-order chi connectivity index (χ0) is 30.4. The van der Waals surface area contributed by atoms with E-state index in [1.54, 1.807) is 0 Å². The van der Waals surface area contributed by atoms with Crippen LogP contribution in [0.3, 0.4) is 0 Å². The van der Waals surface area contributed by atoms with E-state index < -0.39 is 0 Å². The number of furan rings is 2. The van der Waals surface area contributed by atoms with Crippen LogP contribution >= 0.6 is 0 Å². The molecular formula is C42H28N2O2. The molecule has 1 unspecified atom stereocenters. The highest BCUT2D eigenvalue weighted by atomic mass is 16.4. The number of imidazole rings is 1. The van der Waals surface area contributed by atoms with Crippen molar-refractivity contribution in [1.82, 2.24) is 9.55 Å². The number of hydrogen-bond acceptors (Lipinski definition) is 3. The Bertz CT molecular complexity index is 2740. The van der Waals surface area contributed by atoms with Gasteiger partial charge in [0.25, 0.3) is 0 Å². The largest absolute Gasteiger partial charge is 0.452 e. The highest BCUT2D eigenvalue weighted by Crippen LogP contribution is 2.45. The van der Waals surface area contributed by atoms with Crippen LogP contribution in [0.4, 0.5) is 0 Å². The number of allylic oxidation sites excluding steroid dienone is 4. The highest BCUT2D eigenvalue weighted by molar-refractivity contribution is 6.25. The molecule has 6 aromatic carbocycles. The molecule has 9 aromatic rings. The Morgan fingerprint density at radius 1 is 0.630 bits per heavy atom. The summed E-state index contributed by atoms with van der Waals surface area (Å²) < 4.78 is 15.4. The highest BCUT2D eigenvalue weighted by Gasteiger charge is 2.25. The number of rotatable bonds is 3. The molecule has 0 spiro atoms. The van der Waals surface area contributed by atoms with E-state index in [1.807, 2.05) is 12.1 Å². The van der Waals surface area contributed by atoms with Gasteiger partial charge in [0.1, 0.15) is 17.0 Å². The lowest BCUT2D eigenvalue weighted by molar-refractivity contribution is 0.633. The fourth-order valence-electron chi connectivity index (χ4n) is 7.56. The molecule has 3 aromatic heterocycles. The van der Waals surface area contributed by atoms with Gasteiger partial charge in [-0.05, 0) is 88.4 Å². The maximum atomic E-state index is 6.70. The van der Waals surface area contributed by atoms with E-state index in [-0.39, 0.29) is 5.92 Å². The molecule has 3 heterocycles. The number of nitrogens with zero attached hydrogens (tertiary/aromatic N) is 2. The van der Waals surface area contributed by atoms with E-state index in [0.717, 1.165) is 72.8 Å². The second kappa shape index (κ2) is 9.56. The summed E-state index contributed by atoms with van der Waals surface area (Å²) in [5.74, 6) is 1.27. The Morgan fingerprint density at radius 2 is 1.33 bits per heavy atom. The average Bonchev–Trinajstić information content (AvgIpc) is 3.79. The predicted molar refractivity (Wildman–Crippen MR) is 189 cm³/mol. The van der Waals surface area contributed by atoms with Crippen LogP contribution in [0.15, 0.2) is 142 Å². The van der Waals surface area contributed by atoms with Crippen LogP contribution in [0.25, 0.3) is 82.5 Å². The van der Waals surface area contributed by atoms with E-state index in [0.29, 0.717) is 0 Å². The van der Waals surface area contributed by atoms with Gasteiger partial charge in [0.15, 0.2) is 11.2 Å². The van der Waals surface area contributed by atoms with Gasteiger partial charge in [-0.3, -0.25) is 4.57 Å². The van der Waals surface area contributed by atoms with Crippen molar-refractivity contribution in [2.24, 2.45) is 5.92 Å². The molecule has 4 heteroatoms. The quantitative estimate of drug-likeness (QED) is 0.205. The molecule has 0 aliphatic heterocycles. The smallest absolute Gasteiger partial charge is 0.178 e. The number of aromatic nitrogens is 2. The van der Waals surface area contributed by atoms with Gasteiger partial charge in [-0.25, -0.2) is 4.98 Å². The number of hydrogen-bond donors (Lipinski definition) is 0. The molecule has 0 radical (unpaired) electrons. The first-order valence-corrected chi connectivity index (χ1v) is 15.9. The molecule has 0 saturated heterocycles. The van der Waals surface area contributed by atoms with Crippen LogP contribution in [-0.4, -0.2) is 9.55 Å². The van der Waals surface area contributed by atoms with Gasteiger partial charge in [0, 0.05) is 27.2 Å². The molecule has 1 atom stereocenters. The summed E-state index contributed by atoms with van der Waals surface area (Å²) in [6, 6.07) is 42.4. The van der Waals surface area contributed by atoms with Crippen LogP contribution in [0.1, 0.15) is 24.7 Å². The first kappa shape index (κ1) is 25.5. The Balaban J connectivity index is 1.17. The van der Waals surface area contributed by atoms with Gasteiger partial charge in [0.2, 0.25) is 0 Å². The van der Waals surface area contributed by atoms with Crippen LogP contribution in [-0.2, 0) is 0 Å². The van der Waals surface area contributed by atoms with Gasteiger partial charge in [-0.2, -0.15) is 0 Å². The normalized spacial score (nSPS) is 15.5. The second-order valence-electron chi connectivity index (χ2n) is 12.4. The van der Waals surface area contributed by atoms with Gasteiger partial charge in [0.05, 0.1) is 11.0 Å². The van der Waals surface area contributed by atoms with Crippen LogP contribution in [0.5, 0.6) is 0 Å². The average molecular weight is 593 g/mol. The summed E-state index contributed by atoms with van der Waals surface area (Å²) in [6.07, 6.45) is 5.46. The molecule has 4 nitrogen and oxygen atoms in total. The standard InChI is InChI=1S/C42H28N2O2/c1-25-23-26(19-20-28(25)42-43-35-16-8-9-17-36(35)44(42)27-11-3-2-4-12-27)34-24-38-39(31-15-6-5-13-29(31)34)33-22-21-32-30-14-7-10-18-37(30)45-40(32)41(33)46-38/h2-22,24-25H,23H2,1H3. The van der Waals surface area contributed by atoms with E-state index in [9.17, 15) is 0 Å². The molecule has 0 saturated carbocycles. The predicted octanol–water partition coefficient (Wildman–Crippen LogP) is 11.5. The minimum Gasteiger partial charge on any atom is -0.452 e. The first-order chi connectivity index (χ1) is 22.7. The summed E-state index contributed by atoms with van der Waals surface area (Å²) in [5, 5.41) is 6.82. The third-order valence-corrected chi connectivity index (χ3v) is 9.69. The molecule has 0 fully saturated rings. The Labute approximate surface area is 264 Å². The van der Waals surface area contributed by atoms with Crippen molar-refractivity contribution in [3.63, 3.8) is 0 Å². The maximum absolute atomic E-state index is 6.70. The van der Waals surface area contributed by atoms with Gasteiger partial charge in [-0.15, -0.1) is 0 Å². The number of para-hydroxylation sites is 4. The van der Waals surface area contributed by atoms with Crippen molar-refractivity contribution in [3.05, 3.63) is 145 Å². The molecule has 1 aliphatic rings. The van der Waals surface area contributed by atoms with E-state index in [2.05, 4.69) is 133 Å². The topological polar surface area (TPSA) is 44.1 Å². The third-order valence-electron chi connectivity index (χ3n) is 9.69. The second-order valence-corrected chi connectivity index (χ2v) is 12.4. The molecular weight excluding hydrogens is 564 g/mol. The lowest BCUT2D eigenvalue weighted by Crippen LogP contribution is -2.10. The molecule has 218 valence electrons. The summed E-state index contributed by atoms with van der Waals surface area (Å²) in [4.78, 5) is 5.16. The Hall–Kier alpha value is -5.87. The summed E-state index contributed by atoms with van der Waals surface area (Å²) >= 11 is 0. The Kier molecular flexibility index (Phi) is 5.29.